The van der Waals surface area contributed by atoms with Gasteiger partial charge >= 0.3 is 0 Å². The molecule has 0 bridgehead atoms. The predicted molar refractivity (Wildman–Crippen MR) is 120 cm³/mol. The van der Waals surface area contributed by atoms with Gasteiger partial charge in [-0.25, -0.2) is 4.98 Å². The van der Waals surface area contributed by atoms with Gasteiger partial charge in [0, 0.05) is 16.3 Å². The Balaban J connectivity index is 1.69. The maximum absolute atomic E-state index is 10.2. The standard InChI is InChI=1S/C20H11BrClIN2O2/c21-12-7-11(19(26)16(23)8-12)10-24-13-5-6-18-17(9-13)25-20(27-18)14-3-1-2-4-15(14)22/h1-10,26H. The van der Waals surface area contributed by atoms with Crippen LogP contribution in [0.25, 0.3) is 22.6 Å². The molecule has 4 aromatic rings. The van der Waals surface area contributed by atoms with Crippen LogP contribution in [-0.4, -0.2) is 16.3 Å². The Bertz CT molecular complexity index is 1190. The van der Waals surface area contributed by atoms with Gasteiger partial charge in [0.2, 0.25) is 5.89 Å². The molecule has 4 rings (SSSR count). The highest BCUT2D eigenvalue weighted by atomic mass is 127. The molecular weight excluding hydrogens is 542 g/mol. The summed E-state index contributed by atoms with van der Waals surface area (Å²) in [6.45, 7) is 0. The lowest BCUT2D eigenvalue weighted by Gasteiger charge is -2.02. The number of aliphatic imine (C=N–C) groups is 1. The molecule has 3 aromatic carbocycles. The summed E-state index contributed by atoms with van der Waals surface area (Å²) in [6.07, 6.45) is 1.62. The largest absolute Gasteiger partial charge is 0.506 e. The minimum absolute atomic E-state index is 0.200. The van der Waals surface area contributed by atoms with Crippen LogP contribution in [0, 0.1) is 3.57 Å². The zero-order chi connectivity index (χ0) is 19.0. The van der Waals surface area contributed by atoms with Crippen LogP contribution >= 0.6 is 50.1 Å². The van der Waals surface area contributed by atoms with Crippen molar-refractivity contribution in [3.05, 3.63) is 73.2 Å². The first-order valence-corrected chi connectivity index (χ1v) is 10.1. The number of hydrogen-bond acceptors (Lipinski definition) is 4. The zero-order valence-electron chi connectivity index (χ0n) is 13.7. The monoisotopic (exact) mass is 552 g/mol. The molecule has 0 amide bonds. The van der Waals surface area contributed by atoms with Gasteiger partial charge in [-0.05, 0) is 65.1 Å². The summed E-state index contributed by atoms with van der Waals surface area (Å²) in [5.41, 5.74) is 3.42. The summed E-state index contributed by atoms with van der Waals surface area (Å²) < 4.78 is 7.44. The highest BCUT2D eigenvalue weighted by Crippen LogP contribution is 2.32. The summed E-state index contributed by atoms with van der Waals surface area (Å²) in [5, 5.41) is 10.8. The molecular formula is C20H11BrClIN2O2. The van der Waals surface area contributed by atoms with Gasteiger partial charge in [-0.3, -0.25) is 4.99 Å². The molecule has 0 fully saturated rings. The van der Waals surface area contributed by atoms with E-state index in [1.807, 2.05) is 48.5 Å². The Morgan fingerprint density at radius 2 is 1.96 bits per heavy atom. The first kappa shape index (κ1) is 18.5. The number of aromatic nitrogens is 1. The molecule has 4 nitrogen and oxygen atoms in total. The third-order valence-electron chi connectivity index (χ3n) is 3.89. The minimum Gasteiger partial charge on any atom is -0.506 e. The number of phenolic OH excluding ortho intramolecular Hbond substituents is 1. The Morgan fingerprint density at radius 1 is 1.15 bits per heavy atom. The molecule has 0 aliphatic carbocycles. The molecule has 0 aliphatic heterocycles. The van der Waals surface area contributed by atoms with Crippen molar-refractivity contribution in [2.45, 2.75) is 0 Å². The molecule has 1 heterocycles. The van der Waals surface area contributed by atoms with E-state index >= 15 is 0 Å². The summed E-state index contributed by atoms with van der Waals surface area (Å²) in [4.78, 5) is 8.97. The van der Waals surface area contributed by atoms with Crippen molar-refractivity contribution in [2.24, 2.45) is 4.99 Å². The molecule has 0 aliphatic rings. The average Bonchev–Trinajstić information content (AvgIpc) is 3.07. The number of hydrogen-bond donors (Lipinski definition) is 1. The Morgan fingerprint density at radius 3 is 2.78 bits per heavy atom. The fourth-order valence-corrected chi connectivity index (χ4v) is 4.34. The Hall–Kier alpha value is -1.90. The van der Waals surface area contributed by atoms with E-state index in [4.69, 9.17) is 16.0 Å². The third-order valence-corrected chi connectivity index (χ3v) is 5.50. The van der Waals surface area contributed by atoms with Crippen LogP contribution < -0.4 is 0 Å². The summed E-state index contributed by atoms with van der Waals surface area (Å²) in [7, 11) is 0. The second-order valence-corrected chi connectivity index (χ2v) is 8.22. The number of benzene rings is 3. The van der Waals surface area contributed by atoms with Crippen molar-refractivity contribution >= 4 is 73.1 Å². The molecule has 0 saturated carbocycles. The maximum atomic E-state index is 10.2. The normalized spacial score (nSPS) is 11.5. The predicted octanol–water partition coefficient (Wildman–Crippen LogP) is 6.97. The van der Waals surface area contributed by atoms with E-state index in [1.165, 1.54) is 0 Å². The van der Waals surface area contributed by atoms with Crippen molar-refractivity contribution in [1.82, 2.24) is 4.98 Å². The van der Waals surface area contributed by atoms with Gasteiger partial charge in [0.15, 0.2) is 5.58 Å². The van der Waals surface area contributed by atoms with Gasteiger partial charge in [-0.15, -0.1) is 0 Å². The molecule has 1 N–H and O–H groups in total. The lowest BCUT2D eigenvalue weighted by Crippen LogP contribution is -1.86. The van der Waals surface area contributed by atoms with Crippen molar-refractivity contribution in [3.63, 3.8) is 0 Å². The van der Waals surface area contributed by atoms with Crippen molar-refractivity contribution in [1.29, 1.82) is 0 Å². The van der Waals surface area contributed by atoms with Crippen LogP contribution in [0.2, 0.25) is 5.02 Å². The molecule has 0 atom stereocenters. The molecule has 0 unspecified atom stereocenters. The zero-order valence-corrected chi connectivity index (χ0v) is 18.2. The topological polar surface area (TPSA) is 58.6 Å². The van der Waals surface area contributed by atoms with Crippen LogP contribution in [0.15, 0.2) is 68.5 Å². The van der Waals surface area contributed by atoms with E-state index in [-0.39, 0.29) is 5.75 Å². The lowest BCUT2D eigenvalue weighted by atomic mass is 10.2. The van der Waals surface area contributed by atoms with E-state index in [9.17, 15) is 5.11 Å². The van der Waals surface area contributed by atoms with E-state index < -0.39 is 0 Å². The van der Waals surface area contributed by atoms with Crippen molar-refractivity contribution in [2.75, 3.05) is 0 Å². The Labute approximate surface area is 182 Å². The van der Waals surface area contributed by atoms with Gasteiger partial charge in [0.1, 0.15) is 11.3 Å². The van der Waals surface area contributed by atoms with Gasteiger partial charge in [-0.2, -0.15) is 0 Å². The molecule has 134 valence electrons. The second kappa shape index (κ2) is 7.61. The van der Waals surface area contributed by atoms with E-state index in [1.54, 1.807) is 12.3 Å². The molecule has 0 saturated heterocycles. The van der Waals surface area contributed by atoms with Crippen LogP contribution in [0.5, 0.6) is 5.75 Å². The van der Waals surface area contributed by atoms with Gasteiger partial charge in [-0.1, -0.05) is 39.7 Å². The molecule has 1 aromatic heterocycles. The van der Waals surface area contributed by atoms with E-state index in [0.29, 0.717) is 33.3 Å². The molecule has 0 spiro atoms. The number of fused-ring (bicyclic) bond motifs is 1. The summed E-state index contributed by atoms with van der Waals surface area (Å²) >= 11 is 11.7. The van der Waals surface area contributed by atoms with Crippen LogP contribution in [0.4, 0.5) is 5.69 Å². The van der Waals surface area contributed by atoms with Gasteiger partial charge in [0.05, 0.1) is 19.8 Å². The minimum atomic E-state index is 0.200. The first-order valence-electron chi connectivity index (χ1n) is 7.89. The number of oxazole rings is 1. The van der Waals surface area contributed by atoms with Crippen molar-refractivity contribution in [3.8, 4) is 17.2 Å². The highest BCUT2D eigenvalue weighted by Gasteiger charge is 2.11. The highest BCUT2D eigenvalue weighted by molar-refractivity contribution is 14.1. The smallest absolute Gasteiger partial charge is 0.228 e. The summed E-state index contributed by atoms with van der Waals surface area (Å²) in [5.74, 6) is 0.669. The van der Waals surface area contributed by atoms with Crippen LogP contribution in [0.3, 0.4) is 0 Å². The number of halogens is 3. The molecule has 7 heteroatoms. The maximum Gasteiger partial charge on any atom is 0.228 e. The molecule has 27 heavy (non-hydrogen) atoms. The van der Waals surface area contributed by atoms with Crippen molar-refractivity contribution < 1.29 is 9.52 Å². The van der Waals surface area contributed by atoms with Gasteiger partial charge in [0.25, 0.3) is 0 Å². The number of aromatic hydroxyl groups is 1. The fraction of sp³-hybridized carbons (Fsp3) is 0. The first-order chi connectivity index (χ1) is 13.0. The van der Waals surface area contributed by atoms with E-state index in [2.05, 4.69) is 48.5 Å². The lowest BCUT2D eigenvalue weighted by molar-refractivity contribution is 0.470. The number of rotatable bonds is 3. The van der Waals surface area contributed by atoms with Crippen LogP contribution in [-0.2, 0) is 0 Å². The quantitative estimate of drug-likeness (QED) is 0.220. The SMILES string of the molecule is Oc1c(I)cc(Br)cc1C=Nc1ccc2oc(-c3ccccc3Cl)nc2c1. The fourth-order valence-electron chi connectivity index (χ4n) is 2.57. The van der Waals surface area contributed by atoms with Crippen LogP contribution in [0.1, 0.15) is 5.56 Å². The van der Waals surface area contributed by atoms with Gasteiger partial charge < -0.3 is 9.52 Å². The average molecular weight is 554 g/mol. The summed E-state index contributed by atoms with van der Waals surface area (Å²) in [6, 6.07) is 16.5. The number of nitrogens with zero attached hydrogens (tertiary/aromatic N) is 2. The third kappa shape index (κ3) is 3.88. The van der Waals surface area contributed by atoms with E-state index in [0.717, 1.165) is 13.6 Å². The number of phenols is 1. The second-order valence-electron chi connectivity index (χ2n) is 5.73. The molecule has 0 radical (unpaired) electrons. The Kier molecular flexibility index (Phi) is 5.21.